The van der Waals surface area contributed by atoms with Crippen molar-refractivity contribution in [1.29, 1.82) is 0 Å². The third-order valence-electron chi connectivity index (χ3n) is 3.02. The van der Waals surface area contributed by atoms with Gasteiger partial charge < -0.3 is 0 Å². The minimum absolute atomic E-state index is 0.0321. The van der Waals surface area contributed by atoms with E-state index < -0.39 is 0 Å². The molecular weight excluding hydrogens is 246 g/mol. The molecular formula is C15H14ClNO. The van der Waals surface area contributed by atoms with Crippen LogP contribution in [0.4, 0.5) is 0 Å². The second-order valence-corrected chi connectivity index (χ2v) is 4.78. The molecule has 0 N–H and O–H groups in total. The molecule has 0 aliphatic rings. The van der Waals surface area contributed by atoms with Gasteiger partial charge in [0, 0.05) is 33.6 Å². The number of aromatic nitrogens is 1. The molecule has 2 nitrogen and oxygen atoms in total. The molecule has 2 aromatic rings. The first-order valence-corrected chi connectivity index (χ1v) is 6.11. The largest absolute Gasteiger partial charge is 0.295 e. The summed E-state index contributed by atoms with van der Waals surface area (Å²) in [6, 6.07) is 7.34. The van der Waals surface area contributed by atoms with Crippen LogP contribution in [-0.2, 0) is 0 Å². The molecule has 0 atom stereocenters. The Kier molecular flexibility index (Phi) is 3.48. The first-order valence-electron chi connectivity index (χ1n) is 5.73. The quantitative estimate of drug-likeness (QED) is 0.756. The summed E-state index contributed by atoms with van der Waals surface area (Å²) >= 11 is 6.19. The molecule has 1 heterocycles. The third kappa shape index (κ3) is 2.44. The molecule has 92 valence electrons. The van der Waals surface area contributed by atoms with Gasteiger partial charge in [-0.15, -0.1) is 0 Å². The Balaban J connectivity index is 2.58. The van der Waals surface area contributed by atoms with Crippen LogP contribution < -0.4 is 0 Å². The number of carbonyl (C=O) groups excluding carboxylic acids is 1. The molecule has 0 aliphatic heterocycles. The van der Waals surface area contributed by atoms with Crippen LogP contribution in [0.5, 0.6) is 0 Å². The van der Waals surface area contributed by atoms with Gasteiger partial charge in [0.2, 0.25) is 0 Å². The van der Waals surface area contributed by atoms with Crippen LogP contribution >= 0.6 is 11.6 Å². The molecule has 0 radical (unpaired) electrons. The van der Waals surface area contributed by atoms with Crippen molar-refractivity contribution in [1.82, 2.24) is 4.98 Å². The second-order valence-electron chi connectivity index (χ2n) is 4.38. The topological polar surface area (TPSA) is 30.0 Å². The molecule has 1 aromatic heterocycles. The highest BCUT2D eigenvalue weighted by molar-refractivity contribution is 6.33. The lowest BCUT2D eigenvalue weighted by Crippen LogP contribution is -1.94. The van der Waals surface area contributed by atoms with Crippen LogP contribution in [0.15, 0.2) is 30.5 Å². The summed E-state index contributed by atoms with van der Waals surface area (Å²) in [5, 5.41) is 0.630. The van der Waals surface area contributed by atoms with Crippen molar-refractivity contribution in [3.63, 3.8) is 0 Å². The number of halogens is 1. The lowest BCUT2D eigenvalue weighted by atomic mass is 10.0. The van der Waals surface area contributed by atoms with E-state index in [1.165, 1.54) is 0 Å². The van der Waals surface area contributed by atoms with Crippen molar-refractivity contribution in [3.05, 3.63) is 52.3 Å². The average Bonchev–Trinajstić information content (AvgIpc) is 2.33. The molecule has 2 rings (SSSR count). The van der Waals surface area contributed by atoms with Gasteiger partial charge in [-0.2, -0.15) is 0 Å². The number of nitrogens with zero attached hydrogens (tertiary/aromatic N) is 1. The molecule has 3 heteroatoms. The van der Waals surface area contributed by atoms with E-state index in [0.717, 1.165) is 22.4 Å². The van der Waals surface area contributed by atoms with Gasteiger partial charge in [0.15, 0.2) is 5.78 Å². The van der Waals surface area contributed by atoms with Gasteiger partial charge in [0.05, 0.1) is 0 Å². The Morgan fingerprint density at radius 1 is 1.22 bits per heavy atom. The monoisotopic (exact) mass is 259 g/mol. The van der Waals surface area contributed by atoms with E-state index >= 15 is 0 Å². The number of carbonyl (C=O) groups is 1. The zero-order valence-corrected chi connectivity index (χ0v) is 11.4. The summed E-state index contributed by atoms with van der Waals surface area (Å²) in [5.74, 6) is 0.0321. The predicted octanol–water partition coefficient (Wildman–Crippen LogP) is 4.22. The Morgan fingerprint density at radius 2 is 1.94 bits per heavy atom. The first-order chi connectivity index (χ1) is 8.49. The van der Waals surface area contributed by atoms with E-state index in [1.54, 1.807) is 25.3 Å². The number of ketones is 1. The van der Waals surface area contributed by atoms with E-state index in [-0.39, 0.29) is 5.78 Å². The first kappa shape index (κ1) is 12.8. The normalized spacial score (nSPS) is 10.4. The van der Waals surface area contributed by atoms with Crippen molar-refractivity contribution in [2.45, 2.75) is 20.8 Å². The molecule has 0 saturated carbocycles. The highest BCUT2D eigenvalue weighted by Crippen LogP contribution is 2.29. The van der Waals surface area contributed by atoms with Crippen LogP contribution in [-0.4, -0.2) is 10.8 Å². The van der Waals surface area contributed by atoms with Gasteiger partial charge in [-0.1, -0.05) is 11.6 Å². The number of Topliss-reactive ketones (excluding diaryl/α,β-unsaturated/α-hetero) is 1. The molecule has 18 heavy (non-hydrogen) atoms. The summed E-state index contributed by atoms with van der Waals surface area (Å²) in [6.45, 7) is 5.52. The van der Waals surface area contributed by atoms with Crippen LogP contribution in [0.1, 0.15) is 28.5 Å². The molecule has 0 fully saturated rings. The Hall–Kier alpha value is -1.67. The smallest absolute Gasteiger partial charge is 0.159 e. The van der Waals surface area contributed by atoms with E-state index in [1.807, 2.05) is 26.0 Å². The predicted molar refractivity (Wildman–Crippen MR) is 74.2 cm³/mol. The number of rotatable bonds is 2. The molecule has 1 aromatic carbocycles. The number of pyridine rings is 1. The standard InChI is InChI=1S/C15H14ClNO/c1-9-6-13(8-17-10(9)2)14-7-12(11(3)18)4-5-15(14)16/h4-8H,1-3H3. The van der Waals surface area contributed by atoms with Gasteiger partial charge in [0.25, 0.3) is 0 Å². The Labute approximate surface area is 112 Å². The summed E-state index contributed by atoms with van der Waals surface area (Å²) in [4.78, 5) is 15.7. The Morgan fingerprint density at radius 3 is 2.56 bits per heavy atom. The van der Waals surface area contributed by atoms with Crippen molar-refractivity contribution >= 4 is 17.4 Å². The summed E-state index contributed by atoms with van der Waals surface area (Å²) < 4.78 is 0. The Bertz CT molecular complexity index is 620. The minimum atomic E-state index is 0.0321. The van der Waals surface area contributed by atoms with Gasteiger partial charge in [-0.25, -0.2) is 0 Å². The number of hydrogen-bond acceptors (Lipinski definition) is 2. The molecule has 0 bridgehead atoms. The molecule has 0 amide bonds. The minimum Gasteiger partial charge on any atom is -0.295 e. The zero-order valence-electron chi connectivity index (χ0n) is 10.6. The fourth-order valence-corrected chi connectivity index (χ4v) is 1.98. The van der Waals surface area contributed by atoms with E-state index in [0.29, 0.717) is 10.6 Å². The van der Waals surface area contributed by atoms with E-state index in [4.69, 9.17) is 11.6 Å². The van der Waals surface area contributed by atoms with Crippen molar-refractivity contribution in [2.75, 3.05) is 0 Å². The second kappa shape index (κ2) is 4.91. The molecule has 0 unspecified atom stereocenters. The highest BCUT2D eigenvalue weighted by atomic mass is 35.5. The van der Waals surface area contributed by atoms with Crippen LogP contribution in [0.25, 0.3) is 11.1 Å². The fraction of sp³-hybridized carbons (Fsp3) is 0.200. The SMILES string of the molecule is CC(=O)c1ccc(Cl)c(-c2cnc(C)c(C)c2)c1. The molecule has 0 saturated heterocycles. The average molecular weight is 260 g/mol. The number of hydrogen-bond donors (Lipinski definition) is 0. The summed E-state index contributed by atoms with van der Waals surface area (Å²) in [5.41, 5.74) is 4.55. The van der Waals surface area contributed by atoms with Crippen molar-refractivity contribution < 1.29 is 4.79 Å². The molecule has 0 aliphatic carbocycles. The fourth-order valence-electron chi connectivity index (χ4n) is 1.76. The number of aryl methyl sites for hydroxylation is 2. The van der Waals surface area contributed by atoms with Gasteiger partial charge in [0.1, 0.15) is 0 Å². The van der Waals surface area contributed by atoms with Crippen LogP contribution in [0.2, 0.25) is 5.02 Å². The third-order valence-corrected chi connectivity index (χ3v) is 3.35. The van der Waals surface area contributed by atoms with E-state index in [9.17, 15) is 4.79 Å². The maximum absolute atomic E-state index is 11.4. The summed E-state index contributed by atoms with van der Waals surface area (Å²) in [6.07, 6.45) is 1.79. The number of benzene rings is 1. The van der Waals surface area contributed by atoms with Gasteiger partial charge >= 0.3 is 0 Å². The van der Waals surface area contributed by atoms with Crippen molar-refractivity contribution in [3.8, 4) is 11.1 Å². The molecule has 0 spiro atoms. The highest BCUT2D eigenvalue weighted by Gasteiger charge is 2.08. The maximum atomic E-state index is 11.4. The van der Waals surface area contributed by atoms with Crippen LogP contribution in [0, 0.1) is 13.8 Å². The van der Waals surface area contributed by atoms with Gasteiger partial charge in [-0.05, 0) is 50.6 Å². The lowest BCUT2D eigenvalue weighted by molar-refractivity contribution is 0.101. The maximum Gasteiger partial charge on any atom is 0.159 e. The van der Waals surface area contributed by atoms with E-state index in [2.05, 4.69) is 4.98 Å². The zero-order chi connectivity index (χ0) is 13.3. The van der Waals surface area contributed by atoms with Crippen molar-refractivity contribution in [2.24, 2.45) is 0 Å². The lowest BCUT2D eigenvalue weighted by Gasteiger charge is -2.08. The summed E-state index contributed by atoms with van der Waals surface area (Å²) in [7, 11) is 0. The van der Waals surface area contributed by atoms with Crippen LogP contribution in [0.3, 0.4) is 0 Å². The van der Waals surface area contributed by atoms with Gasteiger partial charge in [-0.3, -0.25) is 9.78 Å².